The Morgan fingerprint density at radius 3 is 2.95 bits per heavy atom. The first-order chi connectivity index (χ1) is 10.2. The Morgan fingerprint density at radius 2 is 2.23 bits per heavy atom. The van der Waals surface area contributed by atoms with Crippen LogP contribution in [0.1, 0.15) is 22.5 Å². The van der Waals surface area contributed by atoms with Gasteiger partial charge in [-0.15, -0.1) is 23.7 Å². The molecule has 118 valence electrons. The molecular weight excluding hydrogens is 323 g/mol. The van der Waals surface area contributed by atoms with Gasteiger partial charge in [0.05, 0.1) is 4.88 Å². The largest absolute Gasteiger partial charge is 0.347 e. The molecule has 1 aromatic carbocycles. The number of benzene rings is 1. The molecule has 3 nitrogen and oxygen atoms in total. The molecule has 0 spiro atoms. The Morgan fingerprint density at radius 1 is 1.36 bits per heavy atom. The zero-order valence-corrected chi connectivity index (χ0v) is 13.6. The van der Waals surface area contributed by atoms with Crippen LogP contribution < -0.4 is 10.6 Å². The standard InChI is InChI=1S/C16H17FN2OS.ClH/c17-12-4-1-3-11(9-12)14-6-8-21-15(14)16(20)19-13-5-2-7-18-10-13;/h1,3-4,6,8-9,13,18H,2,5,7,10H2,(H,19,20);1H/t13-;/m0./s1. The number of halogens is 2. The van der Waals surface area contributed by atoms with Gasteiger partial charge in [-0.05, 0) is 48.5 Å². The number of rotatable bonds is 3. The lowest BCUT2D eigenvalue weighted by Crippen LogP contribution is -2.45. The zero-order chi connectivity index (χ0) is 14.7. The van der Waals surface area contributed by atoms with Gasteiger partial charge in [-0.1, -0.05) is 12.1 Å². The Labute approximate surface area is 139 Å². The molecule has 0 radical (unpaired) electrons. The topological polar surface area (TPSA) is 41.1 Å². The zero-order valence-electron chi connectivity index (χ0n) is 12.0. The van der Waals surface area contributed by atoms with Crippen molar-refractivity contribution in [2.75, 3.05) is 13.1 Å². The summed E-state index contributed by atoms with van der Waals surface area (Å²) < 4.78 is 13.4. The molecule has 0 saturated carbocycles. The van der Waals surface area contributed by atoms with E-state index < -0.39 is 0 Å². The predicted octanol–water partition coefficient (Wildman–Crippen LogP) is 3.46. The predicted molar refractivity (Wildman–Crippen MR) is 90.3 cm³/mol. The van der Waals surface area contributed by atoms with E-state index in [-0.39, 0.29) is 30.2 Å². The molecule has 1 aliphatic heterocycles. The SMILES string of the molecule is Cl.O=C(N[C@H]1CCCNC1)c1sccc1-c1cccc(F)c1. The van der Waals surface area contributed by atoms with E-state index in [1.54, 1.807) is 6.07 Å². The quantitative estimate of drug-likeness (QED) is 0.898. The van der Waals surface area contributed by atoms with E-state index in [4.69, 9.17) is 0 Å². The van der Waals surface area contributed by atoms with Gasteiger partial charge in [0, 0.05) is 18.2 Å². The van der Waals surface area contributed by atoms with Crippen molar-refractivity contribution in [2.24, 2.45) is 0 Å². The number of carbonyl (C=O) groups is 1. The van der Waals surface area contributed by atoms with Crippen LogP contribution in [0.3, 0.4) is 0 Å². The van der Waals surface area contributed by atoms with Gasteiger partial charge in [0.15, 0.2) is 0 Å². The molecule has 2 heterocycles. The number of nitrogens with one attached hydrogen (secondary N) is 2. The van der Waals surface area contributed by atoms with Crippen LogP contribution in [0.25, 0.3) is 11.1 Å². The Hall–Kier alpha value is -1.43. The Bertz CT molecular complexity index is 641. The summed E-state index contributed by atoms with van der Waals surface area (Å²) in [5.74, 6) is -0.362. The van der Waals surface area contributed by atoms with Crippen molar-refractivity contribution in [1.82, 2.24) is 10.6 Å². The maximum atomic E-state index is 13.4. The summed E-state index contributed by atoms with van der Waals surface area (Å²) >= 11 is 1.39. The lowest BCUT2D eigenvalue weighted by atomic mass is 10.1. The molecule has 0 unspecified atom stereocenters. The summed E-state index contributed by atoms with van der Waals surface area (Å²) in [5, 5.41) is 8.21. The first-order valence-electron chi connectivity index (χ1n) is 7.09. The number of hydrogen-bond donors (Lipinski definition) is 2. The minimum atomic E-state index is -0.290. The molecule has 1 amide bonds. The molecule has 1 saturated heterocycles. The van der Waals surface area contributed by atoms with E-state index in [0.29, 0.717) is 4.88 Å². The molecule has 0 aliphatic carbocycles. The molecule has 0 bridgehead atoms. The lowest BCUT2D eigenvalue weighted by Gasteiger charge is -2.23. The van der Waals surface area contributed by atoms with Crippen LogP contribution >= 0.6 is 23.7 Å². The number of hydrogen-bond acceptors (Lipinski definition) is 3. The van der Waals surface area contributed by atoms with E-state index >= 15 is 0 Å². The maximum absolute atomic E-state index is 13.4. The number of thiophene rings is 1. The van der Waals surface area contributed by atoms with Gasteiger partial charge >= 0.3 is 0 Å². The molecular formula is C16H18ClFN2OS. The van der Waals surface area contributed by atoms with Crippen LogP contribution in [0.15, 0.2) is 35.7 Å². The highest BCUT2D eigenvalue weighted by atomic mass is 35.5. The van der Waals surface area contributed by atoms with E-state index in [2.05, 4.69) is 10.6 Å². The van der Waals surface area contributed by atoms with Crippen LogP contribution in [0.5, 0.6) is 0 Å². The minimum absolute atomic E-state index is 0. The van der Waals surface area contributed by atoms with Crippen LogP contribution in [0.4, 0.5) is 4.39 Å². The lowest BCUT2D eigenvalue weighted by molar-refractivity contribution is 0.0935. The van der Waals surface area contributed by atoms with Crippen molar-refractivity contribution >= 4 is 29.7 Å². The van der Waals surface area contributed by atoms with Gasteiger partial charge in [-0.3, -0.25) is 4.79 Å². The molecule has 1 aliphatic rings. The molecule has 2 aromatic rings. The van der Waals surface area contributed by atoms with E-state index in [1.807, 2.05) is 17.5 Å². The summed E-state index contributed by atoms with van der Waals surface area (Å²) in [4.78, 5) is 13.1. The third-order valence-corrected chi connectivity index (χ3v) is 4.55. The molecule has 6 heteroatoms. The average molecular weight is 341 g/mol. The van der Waals surface area contributed by atoms with Crippen molar-refractivity contribution in [1.29, 1.82) is 0 Å². The van der Waals surface area contributed by atoms with Crippen molar-refractivity contribution in [3.8, 4) is 11.1 Å². The van der Waals surface area contributed by atoms with Gasteiger partial charge in [0.1, 0.15) is 5.82 Å². The smallest absolute Gasteiger partial charge is 0.262 e. The second-order valence-electron chi connectivity index (χ2n) is 5.19. The monoisotopic (exact) mass is 340 g/mol. The van der Waals surface area contributed by atoms with Crippen molar-refractivity contribution in [3.05, 3.63) is 46.4 Å². The minimum Gasteiger partial charge on any atom is -0.347 e. The second-order valence-corrected chi connectivity index (χ2v) is 6.11. The van der Waals surface area contributed by atoms with Crippen LogP contribution in [0.2, 0.25) is 0 Å². The Kier molecular flexibility index (Phi) is 5.94. The first-order valence-corrected chi connectivity index (χ1v) is 7.97. The van der Waals surface area contributed by atoms with Crippen LogP contribution in [-0.4, -0.2) is 25.0 Å². The number of amides is 1. The Balaban J connectivity index is 0.00000176. The summed E-state index contributed by atoms with van der Waals surface area (Å²) in [6.45, 7) is 1.83. The molecule has 1 atom stereocenters. The summed E-state index contributed by atoms with van der Waals surface area (Å²) in [5.41, 5.74) is 1.53. The van der Waals surface area contributed by atoms with Gasteiger partial charge in [0.2, 0.25) is 0 Å². The fraction of sp³-hybridized carbons (Fsp3) is 0.312. The van der Waals surface area contributed by atoms with Crippen LogP contribution in [0, 0.1) is 5.82 Å². The number of carbonyl (C=O) groups excluding carboxylic acids is 1. The van der Waals surface area contributed by atoms with Crippen molar-refractivity contribution in [2.45, 2.75) is 18.9 Å². The maximum Gasteiger partial charge on any atom is 0.262 e. The molecule has 1 fully saturated rings. The van der Waals surface area contributed by atoms with Crippen LogP contribution in [-0.2, 0) is 0 Å². The third-order valence-electron chi connectivity index (χ3n) is 3.64. The van der Waals surface area contributed by atoms with Gasteiger partial charge in [0.25, 0.3) is 5.91 Å². The van der Waals surface area contributed by atoms with Crippen molar-refractivity contribution in [3.63, 3.8) is 0 Å². The van der Waals surface area contributed by atoms with Gasteiger partial charge in [-0.2, -0.15) is 0 Å². The normalized spacial score (nSPS) is 17.6. The van der Waals surface area contributed by atoms with Gasteiger partial charge in [-0.25, -0.2) is 4.39 Å². The second kappa shape index (κ2) is 7.72. The molecule has 22 heavy (non-hydrogen) atoms. The third kappa shape index (κ3) is 3.85. The first kappa shape index (κ1) is 16.9. The average Bonchev–Trinajstić information content (AvgIpc) is 2.98. The highest BCUT2D eigenvalue weighted by Gasteiger charge is 2.20. The van der Waals surface area contributed by atoms with E-state index in [1.165, 1.54) is 23.5 Å². The van der Waals surface area contributed by atoms with E-state index in [9.17, 15) is 9.18 Å². The fourth-order valence-corrected chi connectivity index (χ4v) is 3.41. The summed E-state index contributed by atoms with van der Waals surface area (Å²) in [7, 11) is 0. The fourth-order valence-electron chi connectivity index (χ4n) is 2.59. The molecule has 1 aromatic heterocycles. The molecule has 3 rings (SSSR count). The summed E-state index contributed by atoms with van der Waals surface area (Å²) in [6.07, 6.45) is 2.07. The molecule has 2 N–H and O–H groups in total. The van der Waals surface area contributed by atoms with Gasteiger partial charge < -0.3 is 10.6 Å². The summed E-state index contributed by atoms with van der Waals surface area (Å²) in [6, 6.07) is 8.39. The van der Waals surface area contributed by atoms with Crippen molar-refractivity contribution < 1.29 is 9.18 Å². The van der Waals surface area contributed by atoms with E-state index in [0.717, 1.165) is 37.1 Å². The highest BCUT2D eigenvalue weighted by Crippen LogP contribution is 2.28. The number of piperidine rings is 1. The highest BCUT2D eigenvalue weighted by molar-refractivity contribution is 7.12.